The lowest BCUT2D eigenvalue weighted by Crippen LogP contribution is -2.15. The first-order valence-electron chi connectivity index (χ1n) is 3.81. The fourth-order valence-corrected chi connectivity index (χ4v) is 1.65. The summed E-state index contributed by atoms with van der Waals surface area (Å²) >= 11 is 1.38. The van der Waals surface area contributed by atoms with Crippen LogP contribution in [0.25, 0.3) is 0 Å². The molecule has 0 amide bonds. The van der Waals surface area contributed by atoms with E-state index in [4.69, 9.17) is 0 Å². The van der Waals surface area contributed by atoms with Crippen molar-refractivity contribution in [3.05, 3.63) is 0 Å². The van der Waals surface area contributed by atoms with Crippen LogP contribution in [0.4, 0.5) is 0 Å². The average molecular weight is 190 g/mol. The molecule has 0 N–H and O–H groups in total. The molecule has 0 aromatic carbocycles. The number of rotatable bonds is 1. The topological polar surface area (TPSA) is 24.7 Å². The van der Waals surface area contributed by atoms with Crippen molar-refractivity contribution in [3.63, 3.8) is 0 Å². The molecule has 0 aromatic rings. The Hall–Kier alpha value is 0.0369. The van der Waals surface area contributed by atoms with E-state index in [0.717, 1.165) is 0 Å². The molecule has 66 valence electrons. The van der Waals surface area contributed by atoms with Gasteiger partial charge in [-0.1, -0.05) is 0 Å². The van der Waals surface area contributed by atoms with Gasteiger partial charge in [0.1, 0.15) is 0 Å². The maximum Gasteiger partial charge on any atom is 0.190 e. The van der Waals surface area contributed by atoms with Gasteiger partial charge in [0.05, 0.1) is 5.54 Å². The molecule has 0 atom stereocenters. The van der Waals surface area contributed by atoms with Crippen molar-refractivity contribution in [1.29, 1.82) is 0 Å². The fourth-order valence-electron chi connectivity index (χ4n) is 0.265. The Morgan fingerprint density at radius 1 is 1.09 bits per heavy atom. The second-order valence-corrected chi connectivity index (χ2v) is 10.0. The van der Waals surface area contributed by atoms with Crippen LogP contribution in [-0.2, 0) is 11.4 Å². The highest BCUT2D eigenvalue weighted by atomic mass is 32.1. The zero-order chi connectivity index (χ0) is 9.12. The molecule has 4 heteroatoms. The normalized spacial score (nSPS) is 12.5. The van der Waals surface area contributed by atoms with E-state index in [9.17, 15) is 0 Å². The highest BCUT2D eigenvalue weighted by molar-refractivity contribution is 7.58. The van der Waals surface area contributed by atoms with Gasteiger partial charge in [0.15, 0.2) is 8.24 Å². The van der Waals surface area contributed by atoms with Gasteiger partial charge in [0, 0.05) is 11.4 Å². The molecule has 0 saturated heterocycles. The minimum absolute atomic E-state index is 0.0355. The molecule has 0 unspecified atom stereocenters. The molecular weight excluding hydrogens is 172 g/mol. The average Bonchev–Trinajstić information content (AvgIpc) is 1.55. The Labute approximate surface area is 74.4 Å². The second-order valence-electron chi connectivity index (χ2n) is 4.61. The van der Waals surface area contributed by atoms with Crippen LogP contribution in [0.2, 0.25) is 19.6 Å². The van der Waals surface area contributed by atoms with Crippen molar-refractivity contribution < 1.29 is 0 Å². The number of hydrogen-bond acceptors (Lipinski definition) is 2. The van der Waals surface area contributed by atoms with Gasteiger partial charge >= 0.3 is 0 Å². The Balaban J connectivity index is 4.25. The van der Waals surface area contributed by atoms with Crippen LogP contribution in [0.15, 0.2) is 8.39 Å². The Bertz CT molecular complexity index is 164. The molecule has 11 heavy (non-hydrogen) atoms. The quantitative estimate of drug-likeness (QED) is 0.568. The third-order valence-corrected chi connectivity index (χ3v) is 3.78. The van der Waals surface area contributed by atoms with Crippen molar-refractivity contribution in [2.45, 2.75) is 46.0 Å². The summed E-state index contributed by atoms with van der Waals surface area (Å²) in [6.45, 7) is 12.9. The molecule has 0 rings (SSSR count). The van der Waals surface area contributed by atoms with Crippen molar-refractivity contribution >= 4 is 19.6 Å². The molecule has 0 aliphatic carbocycles. The Morgan fingerprint density at radius 3 is 1.82 bits per heavy atom. The van der Waals surface area contributed by atoms with Gasteiger partial charge in [-0.15, -0.1) is 0 Å². The largest absolute Gasteiger partial charge is 0.256 e. The molecule has 0 bridgehead atoms. The highest BCUT2D eigenvalue weighted by Crippen LogP contribution is 2.06. The Kier molecular flexibility index (Phi) is 3.64. The molecule has 0 fully saturated rings. The van der Waals surface area contributed by atoms with E-state index in [1.165, 1.54) is 11.4 Å². The minimum atomic E-state index is -1.26. The molecule has 0 radical (unpaired) electrons. The van der Waals surface area contributed by atoms with Crippen LogP contribution in [0.3, 0.4) is 0 Å². The summed E-state index contributed by atoms with van der Waals surface area (Å²) in [6, 6.07) is 0. The summed E-state index contributed by atoms with van der Waals surface area (Å²) in [5.41, 5.74) is 0.0355. The summed E-state index contributed by atoms with van der Waals surface area (Å²) in [5.74, 6) is 0. The van der Waals surface area contributed by atoms with Crippen molar-refractivity contribution in [3.8, 4) is 0 Å². The SMILES string of the molecule is CC(C)(C)N=S=N[Si](C)(C)C. The summed E-state index contributed by atoms with van der Waals surface area (Å²) in [5, 5.41) is 0. The van der Waals surface area contributed by atoms with Gasteiger partial charge in [0.25, 0.3) is 0 Å². The molecule has 0 aliphatic rings. The van der Waals surface area contributed by atoms with E-state index in [2.05, 4.69) is 48.8 Å². The molecule has 2 nitrogen and oxygen atoms in total. The van der Waals surface area contributed by atoms with E-state index >= 15 is 0 Å². The zero-order valence-corrected chi connectivity index (χ0v) is 10.1. The molecule has 0 aromatic heterocycles. The van der Waals surface area contributed by atoms with Crippen LogP contribution in [0.5, 0.6) is 0 Å². The number of hydrogen-bond donors (Lipinski definition) is 0. The second kappa shape index (κ2) is 3.63. The van der Waals surface area contributed by atoms with E-state index in [0.29, 0.717) is 0 Å². The fraction of sp³-hybridized carbons (Fsp3) is 1.00. The van der Waals surface area contributed by atoms with Gasteiger partial charge in [-0.05, 0) is 40.4 Å². The lowest BCUT2D eigenvalue weighted by Gasteiger charge is -2.08. The van der Waals surface area contributed by atoms with Crippen molar-refractivity contribution in [2.24, 2.45) is 8.39 Å². The minimum Gasteiger partial charge on any atom is -0.256 e. The standard InChI is InChI=1S/C7H18N2SSi/c1-7(2,3)8-10-9-11(4,5)6/h1-6H3. The number of nitrogens with zero attached hydrogens (tertiary/aromatic N) is 2. The van der Waals surface area contributed by atoms with E-state index < -0.39 is 8.24 Å². The monoisotopic (exact) mass is 190 g/mol. The van der Waals surface area contributed by atoms with Gasteiger partial charge < -0.3 is 0 Å². The summed E-state index contributed by atoms with van der Waals surface area (Å²) in [6.07, 6.45) is 0. The maximum atomic E-state index is 4.43. The summed E-state index contributed by atoms with van der Waals surface area (Å²) in [4.78, 5) is 0. The van der Waals surface area contributed by atoms with E-state index in [1.54, 1.807) is 0 Å². The van der Waals surface area contributed by atoms with Gasteiger partial charge in [0.2, 0.25) is 0 Å². The van der Waals surface area contributed by atoms with Crippen LogP contribution in [0, 0.1) is 0 Å². The van der Waals surface area contributed by atoms with Gasteiger partial charge in [-0.25, -0.2) is 4.36 Å². The van der Waals surface area contributed by atoms with Gasteiger partial charge in [-0.2, -0.15) is 0 Å². The zero-order valence-electron chi connectivity index (χ0n) is 8.30. The van der Waals surface area contributed by atoms with Crippen molar-refractivity contribution in [2.75, 3.05) is 0 Å². The van der Waals surface area contributed by atoms with Crippen LogP contribution >= 0.6 is 0 Å². The molecule has 0 heterocycles. The molecule has 0 aliphatic heterocycles. The molecule has 0 spiro atoms. The smallest absolute Gasteiger partial charge is 0.190 e. The first kappa shape index (κ1) is 11.0. The van der Waals surface area contributed by atoms with E-state index in [-0.39, 0.29) is 5.54 Å². The van der Waals surface area contributed by atoms with Gasteiger partial charge in [-0.3, -0.25) is 4.03 Å². The maximum absolute atomic E-state index is 4.43. The molecular formula is C7H18N2SSi. The third-order valence-electron chi connectivity index (χ3n) is 0.629. The summed E-state index contributed by atoms with van der Waals surface area (Å²) in [7, 11) is -1.26. The predicted molar refractivity (Wildman–Crippen MR) is 55.3 cm³/mol. The van der Waals surface area contributed by atoms with Crippen molar-refractivity contribution in [1.82, 2.24) is 0 Å². The van der Waals surface area contributed by atoms with Crippen LogP contribution < -0.4 is 0 Å². The first-order chi connectivity index (χ1) is 4.71. The van der Waals surface area contributed by atoms with Crippen LogP contribution in [0.1, 0.15) is 20.8 Å². The summed E-state index contributed by atoms with van der Waals surface area (Å²) < 4.78 is 8.76. The highest BCUT2D eigenvalue weighted by Gasteiger charge is 2.10. The van der Waals surface area contributed by atoms with E-state index in [1.807, 2.05) is 0 Å². The lowest BCUT2D eigenvalue weighted by atomic mass is 10.1. The Morgan fingerprint density at radius 2 is 1.55 bits per heavy atom. The first-order valence-corrected chi connectivity index (χ1v) is 7.99. The lowest BCUT2D eigenvalue weighted by molar-refractivity contribution is 0.594. The third kappa shape index (κ3) is 10.0. The molecule has 0 saturated carbocycles. The predicted octanol–water partition coefficient (Wildman–Crippen LogP) is 3.07. The van der Waals surface area contributed by atoms with Crippen LogP contribution in [-0.4, -0.2) is 13.8 Å².